The van der Waals surface area contributed by atoms with E-state index in [0.717, 1.165) is 18.7 Å². The van der Waals surface area contributed by atoms with E-state index in [1.165, 1.54) is 5.56 Å². The van der Waals surface area contributed by atoms with E-state index in [4.69, 9.17) is 5.11 Å². The number of aliphatic hydroxyl groups excluding tert-OH is 1. The van der Waals surface area contributed by atoms with Crippen molar-refractivity contribution in [2.45, 2.75) is 27.3 Å². The molecule has 2 nitrogen and oxygen atoms in total. The quantitative estimate of drug-likeness (QED) is 0.827. The lowest BCUT2D eigenvalue weighted by Crippen LogP contribution is -2.28. The summed E-state index contributed by atoms with van der Waals surface area (Å²) in [6, 6.07) is 8.18. The van der Waals surface area contributed by atoms with E-state index in [2.05, 4.69) is 56.7 Å². The monoisotopic (exact) mass is 245 g/mol. The first-order chi connectivity index (χ1) is 8.40. The summed E-state index contributed by atoms with van der Waals surface area (Å²) in [5.41, 5.74) is 2.53. The Morgan fingerprint density at radius 2 is 2.00 bits per heavy atom. The van der Waals surface area contributed by atoms with Crippen LogP contribution < -0.4 is 0 Å². The van der Waals surface area contributed by atoms with Crippen LogP contribution >= 0.6 is 0 Å². The van der Waals surface area contributed by atoms with Gasteiger partial charge in [-0.25, -0.2) is 0 Å². The molecule has 2 heteroatoms. The van der Waals surface area contributed by atoms with Crippen LogP contribution in [-0.4, -0.2) is 30.2 Å². The maximum atomic E-state index is 8.69. The fourth-order valence-electron chi connectivity index (χ4n) is 2.07. The Hall–Kier alpha value is -1.30. The van der Waals surface area contributed by atoms with Crippen molar-refractivity contribution in [2.75, 3.05) is 20.2 Å². The van der Waals surface area contributed by atoms with E-state index in [0.29, 0.717) is 5.41 Å². The van der Waals surface area contributed by atoms with E-state index in [1.807, 2.05) is 12.1 Å². The molecule has 0 aliphatic rings. The molecule has 0 spiro atoms. The molecule has 0 atom stereocenters. The number of hydrogen-bond acceptors (Lipinski definition) is 2. The van der Waals surface area contributed by atoms with E-state index < -0.39 is 0 Å². The van der Waals surface area contributed by atoms with Crippen molar-refractivity contribution in [3.63, 3.8) is 0 Å². The number of aliphatic hydroxyl groups is 1. The molecule has 0 radical (unpaired) electrons. The molecular formula is C16H23NO. The zero-order chi connectivity index (χ0) is 13.6. The van der Waals surface area contributed by atoms with Gasteiger partial charge in [-0.3, -0.25) is 0 Å². The van der Waals surface area contributed by atoms with Gasteiger partial charge in [0.25, 0.3) is 0 Å². The smallest absolute Gasteiger partial charge is 0.104 e. The van der Waals surface area contributed by atoms with Gasteiger partial charge in [-0.15, -0.1) is 0 Å². The number of benzene rings is 1. The fourth-order valence-corrected chi connectivity index (χ4v) is 2.07. The number of hydrogen-bond donors (Lipinski definition) is 1. The Kier molecular flexibility index (Phi) is 5.40. The van der Waals surface area contributed by atoms with Gasteiger partial charge in [-0.1, -0.05) is 44.7 Å². The van der Waals surface area contributed by atoms with E-state index in [-0.39, 0.29) is 6.61 Å². The topological polar surface area (TPSA) is 23.5 Å². The molecule has 0 unspecified atom stereocenters. The summed E-state index contributed by atoms with van der Waals surface area (Å²) in [5, 5.41) is 8.69. The predicted octanol–water partition coefficient (Wildman–Crippen LogP) is 2.51. The zero-order valence-electron chi connectivity index (χ0n) is 11.8. The largest absolute Gasteiger partial charge is 0.384 e. The highest BCUT2D eigenvalue weighted by molar-refractivity contribution is 5.37. The molecule has 1 aromatic carbocycles. The van der Waals surface area contributed by atoms with Gasteiger partial charge in [0.2, 0.25) is 0 Å². The van der Waals surface area contributed by atoms with Crippen molar-refractivity contribution in [1.82, 2.24) is 4.90 Å². The molecular weight excluding hydrogens is 222 g/mol. The van der Waals surface area contributed by atoms with Crippen LogP contribution in [0.25, 0.3) is 0 Å². The van der Waals surface area contributed by atoms with E-state index in [9.17, 15) is 0 Å². The zero-order valence-corrected chi connectivity index (χ0v) is 11.8. The van der Waals surface area contributed by atoms with Gasteiger partial charge in [-0.05, 0) is 30.2 Å². The fraction of sp³-hybridized carbons (Fsp3) is 0.500. The van der Waals surface area contributed by atoms with Crippen molar-refractivity contribution in [2.24, 2.45) is 5.41 Å². The van der Waals surface area contributed by atoms with Crippen LogP contribution in [0.4, 0.5) is 0 Å². The number of rotatable bonds is 3. The third kappa shape index (κ3) is 5.86. The van der Waals surface area contributed by atoms with Crippen LogP contribution in [-0.2, 0) is 6.54 Å². The SMILES string of the molecule is CN(Cc1cccc(C#CCO)c1)CC(C)(C)C. The highest BCUT2D eigenvalue weighted by atomic mass is 16.2. The summed E-state index contributed by atoms with van der Waals surface area (Å²) in [6.45, 7) is 8.62. The lowest BCUT2D eigenvalue weighted by molar-refractivity contribution is 0.221. The highest BCUT2D eigenvalue weighted by Gasteiger charge is 2.13. The number of nitrogens with zero attached hydrogens (tertiary/aromatic N) is 1. The molecule has 98 valence electrons. The van der Waals surface area contributed by atoms with Crippen molar-refractivity contribution in [1.29, 1.82) is 0 Å². The van der Waals surface area contributed by atoms with Crippen LogP contribution in [0.5, 0.6) is 0 Å². The molecule has 0 amide bonds. The van der Waals surface area contributed by atoms with Gasteiger partial charge in [0.05, 0.1) is 0 Å². The normalized spacial score (nSPS) is 11.2. The van der Waals surface area contributed by atoms with Crippen molar-refractivity contribution < 1.29 is 5.11 Å². The van der Waals surface area contributed by atoms with Gasteiger partial charge >= 0.3 is 0 Å². The minimum Gasteiger partial charge on any atom is -0.384 e. The van der Waals surface area contributed by atoms with Crippen molar-refractivity contribution in [3.05, 3.63) is 35.4 Å². The Balaban J connectivity index is 2.67. The molecule has 0 fully saturated rings. The summed E-state index contributed by atoms with van der Waals surface area (Å²) in [6.07, 6.45) is 0. The van der Waals surface area contributed by atoms with Gasteiger partial charge in [0.1, 0.15) is 6.61 Å². The van der Waals surface area contributed by atoms with Crippen LogP contribution in [0.1, 0.15) is 31.9 Å². The minimum atomic E-state index is -0.0891. The third-order valence-corrected chi connectivity index (χ3v) is 2.44. The van der Waals surface area contributed by atoms with Crippen molar-refractivity contribution in [3.8, 4) is 11.8 Å². The molecule has 1 rings (SSSR count). The Bertz CT molecular complexity index is 434. The lowest BCUT2D eigenvalue weighted by atomic mass is 9.96. The molecule has 0 aliphatic heterocycles. The summed E-state index contributed by atoms with van der Waals surface area (Å²) < 4.78 is 0. The maximum absolute atomic E-state index is 8.69. The standard InChI is InChI=1S/C16H23NO/c1-16(2,3)13-17(4)12-15-8-5-7-14(11-15)9-6-10-18/h5,7-8,11,18H,10,12-13H2,1-4H3. The van der Waals surface area contributed by atoms with E-state index in [1.54, 1.807) is 0 Å². The lowest BCUT2D eigenvalue weighted by Gasteiger charge is -2.26. The Morgan fingerprint density at radius 3 is 2.61 bits per heavy atom. The van der Waals surface area contributed by atoms with E-state index >= 15 is 0 Å². The summed E-state index contributed by atoms with van der Waals surface area (Å²) >= 11 is 0. The van der Waals surface area contributed by atoms with Gasteiger partial charge in [0, 0.05) is 18.7 Å². The molecule has 0 aromatic heterocycles. The third-order valence-electron chi connectivity index (χ3n) is 2.44. The molecule has 0 saturated carbocycles. The molecule has 1 N–H and O–H groups in total. The minimum absolute atomic E-state index is 0.0891. The first kappa shape index (κ1) is 14.8. The molecule has 1 aromatic rings. The average Bonchev–Trinajstić information content (AvgIpc) is 2.24. The van der Waals surface area contributed by atoms with Crippen LogP contribution in [0.2, 0.25) is 0 Å². The molecule has 0 heterocycles. The highest BCUT2D eigenvalue weighted by Crippen LogP contribution is 2.16. The van der Waals surface area contributed by atoms with Crippen molar-refractivity contribution >= 4 is 0 Å². The van der Waals surface area contributed by atoms with Gasteiger partial charge in [-0.2, -0.15) is 0 Å². The predicted molar refractivity (Wildman–Crippen MR) is 76.2 cm³/mol. The molecule has 18 heavy (non-hydrogen) atoms. The summed E-state index contributed by atoms with van der Waals surface area (Å²) in [7, 11) is 2.14. The maximum Gasteiger partial charge on any atom is 0.104 e. The second kappa shape index (κ2) is 6.58. The Morgan fingerprint density at radius 1 is 1.28 bits per heavy atom. The van der Waals surface area contributed by atoms with Gasteiger partial charge < -0.3 is 10.0 Å². The Labute approximate surface area is 111 Å². The van der Waals surface area contributed by atoms with Gasteiger partial charge in [0.15, 0.2) is 0 Å². The molecule has 0 aliphatic carbocycles. The van der Waals surface area contributed by atoms with Crippen LogP contribution in [0, 0.1) is 17.3 Å². The molecule has 0 bridgehead atoms. The second-order valence-corrected chi connectivity index (χ2v) is 5.89. The summed E-state index contributed by atoms with van der Waals surface area (Å²) in [4.78, 5) is 2.32. The first-order valence-corrected chi connectivity index (χ1v) is 6.28. The van der Waals surface area contributed by atoms with Crippen LogP contribution in [0.15, 0.2) is 24.3 Å². The van der Waals surface area contributed by atoms with Crippen LogP contribution in [0.3, 0.4) is 0 Å². The molecule has 0 saturated heterocycles. The average molecular weight is 245 g/mol. The second-order valence-electron chi connectivity index (χ2n) is 5.89. The summed E-state index contributed by atoms with van der Waals surface area (Å²) in [5.74, 6) is 5.61. The first-order valence-electron chi connectivity index (χ1n) is 6.28.